The fraction of sp³-hybridized carbons (Fsp3) is 0.462. The number of benzene rings is 1. The zero-order valence-electron chi connectivity index (χ0n) is 9.77. The van der Waals surface area contributed by atoms with Gasteiger partial charge < -0.3 is 5.32 Å². The number of fused-ring (bicyclic) bond motifs is 2. The fourth-order valence-corrected chi connectivity index (χ4v) is 2.81. The van der Waals surface area contributed by atoms with Gasteiger partial charge in [-0.05, 0) is 43.5 Å². The highest BCUT2D eigenvalue weighted by Gasteiger charge is 2.54. The van der Waals surface area contributed by atoms with E-state index in [1.54, 1.807) is 0 Å². The van der Waals surface area contributed by atoms with Crippen molar-refractivity contribution in [3.63, 3.8) is 0 Å². The summed E-state index contributed by atoms with van der Waals surface area (Å²) in [5.41, 5.74) is 0.00595. The van der Waals surface area contributed by atoms with E-state index in [4.69, 9.17) is 0 Å². The smallest absolute Gasteiger partial charge is 0.349 e. The van der Waals surface area contributed by atoms with Gasteiger partial charge in [0, 0.05) is 17.0 Å². The van der Waals surface area contributed by atoms with Gasteiger partial charge in [0.25, 0.3) is 5.91 Å². The summed E-state index contributed by atoms with van der Waals surface area (Å²) in [6, 6.07) is 3.32. The lowest BCUT2D eigenvalue weighted by molar-refractivity contribution is -0.137. The van der Waals surface area contributed by atoms with E-state index < -0.39 is 11.7 Å². The molecule has 1 fully saturated rings. The zero-order valence-corrected chi connectivity index (χ0v) is 9.77. The van der Waals surface area contributed by atoms with Crippen molar-refractivity contribution in [3.05, 3.63) is 34.9 Å². The summed E-state index contributed by atoms with van der Waals surface area (Å²) in [5.74, 6) is -0.274. The monoisotopic (exact) mass is 255 g/mol. The van der Waals surface area contributed by atoms with E-state index in [0.29, 0.717) is 11.1 Å². The topological polar surface area (TPSA) is 29.1 Å². The molecule has 1 aliphatic heterocycles. The minimum Gasteiger partial charge on any atom is -0.349 e. The molecular weight excluding hydrogens is 243 g/mol. The van der Waals surface area contributed by atoms with Crippen LogP contribution in [0.5, 0.6) is 0 Å². The molecule has 18 heavy (non-hydrogen) atoms. The molecule has 0 radical (unpaired) electrons. The van der Waals surface area contributed by atoms with Crippen LogP contribution in [-0.4, -0.2) is 11.9 Å². The summed E-state index contributed by atoms with van der Waals surface area (Å²) in [4.78, 5) is 11.8. The Bertz CT molecular complexity index is 532. The van der Waals surface area contributed by atoms with Gasteiger partial charge in [0.15, 0.2) is 0 Å². The Balaban J connectivity index is 2.17. The van der Waals surface area contributed by atoms with E-state index in [1.165, 1.54) is 6.07 Å². The molecule has 1 atom stereocenters. The number of nitrogens with one attached hydrogen (secondary N) is 1. The summed E-state index contributed by atoms with van der Waals surface area (Å²) < 4.78 is 38.2. The molecule has 0 saturated heterocycles. The SMILES string of the molecule is CC1NC(=O)c2ccc(C(F)(F)F)cc2C12CC2. The van der Waals surface area contributed by atoms with Gasteiger partial charge in [0.05, 0.1) is 5.56 Å². The average molecular weight is 255 g/mol. The predicted molar refractivity (Wildman–Crippen MR) is 59.3 cm³/mol. The third-order valence-corrected chi connectivity index (χ3v) is 4.09. The first-order valence-corrected chi connectivity index (χ1v) is 5.87. The van der Waals surface area contributed by atoms with E-state index in [1.807, 2.05) is 6.92 Å². The maximum absolute atomic E-state index is 12.7. The third-order valence-electron chi connectivity index (χ3n) is 4.09. The molecule has 1 N–H and O–H groups in total. The molecule has 1 unspecified atom stereocenters. The highest BCUT2D eigenvalue weighted by atomic mass is 19.4. The van der Waals surface area contributed by atoms with Gasteiger partial charge in [-0.15, -0.1) is 0 Å². The minimum atomic E-state index is -4.36. The van der Waals surface area contributed by atoms with Gasteiger partial charge in [-0.25, -0.2) is 0 Å². The van der Waals surface area contributed by atoms with Gasteiger partial charge >= 0.3 is 6.18 Å². The van der Waals surface area contributed by atoms with Crippen molar-refractivity contribution < 1.29 is 18.0 Å². The van der Waals surface area contributed by atoms with Gasteiger partial charge in [0.1, 0.15) is 0 Å². The standard InChI is InChI=1S/C13H12F3NO/c1-7-12(4-5-12)10-6-8(13(14,15)16)2-3-9(10)11(18)17-7/h2-3,6-7H,4-5H2,1H3,(H,17,18). The second kappa shape index (κ2) is 3.28. The Morgan fingerprint density at radius 2 is 2.00 bits per heavy atom. The van der Waals surface area contributed by atoms with Crippen molar-refractivity contribution in [1.82, 2.24) is 5.32 Å². The van der Waals surface area contributed by atoms with Crippen LogP contribution in [0.1, 0.15) is 41.3 Å². The molecular formula is C13H12F3NO. The van der Waals surface area contributed by atoms with Crippen LogP contribution in [-0.2, 0) is 11.6 Å². The Kier molecular flexibility index (Phi) is 2.10. The number of carbonyl (C=O) groups excluding carboxylic acids is 1. The molecule has 1 heterocycles. The number of amides is 1. The molecule has 1 spiro atoms. The number of hydrogen-bond donors (Lipinski definition) is 1. The van der Waals surface area contributed by atoms with Gasteiger partial charge in [0.2, 0.25) is 0 Å². The van der Waals surface area contributed by atoms with Crippen molar-refractivity contribution >= 4 is 5.91 Å². The van der Waals surface area contributed by atoms with E-state index in [2.05, 4.69) is 5.32 Å². The lowest BCUT2D eigenvalue weighted by Gasteiger charge is -2.32. The first kappa shape index (κ1) is 11.6. The van der Waals surface area contributed by atoms with E-state index >= 15 is 0 Å². The van der Waals surface area contributed by atoms with E-state index in [-0.39, 0.29) is 17.4 Å². The lowest BCUT2D eigenvalue weighted by atomic mass is 9.81. The summed E-state index contributed by atoms with van der Waals surface area (Å²) in [5, 5.41) is 2.83. The first-order valence-electron chi connectivity index (χ1n) is 5.87. The Labute approximate surface area is 102 Å². The molecule has 2 aliphatic rings. The molecule has 3 rings (SSSR count). The summed E-state index contributed by atoms with van der Waals surface area (Å²) in [6.07, 6.45) is -2.69. The van der Waals surface area contributed by atoms with Gasteiger partial charge in [-0.2, -0.15) is 13.2 Å². The molecule has 0 aromatic heterocycles. The lowest BCUT2D eigenvalue weighted by Crippen LogP contribution is -2.47. The van der Waals surface area contributed by atoms with Crippen LogP contribution < -0.4 is 5.32 Å². The Hall–Kier alpha value is -1.52. The van der Waals surface area contributed by atoms with Crippen molar-refractivity contribution in [3.8, 4) is 0 Å². The van der Waals surface area contributed by atoms with E-state index in [9.17, 15) is 18.0 Å². The highest BCUT2D eigenvalue weighted by molar-refractivity contribution is 5.98. The summed E-state index contributed by atoms with van der Waals surface area (Å²) in [7, 11) is 0. The van der Waals surface area contributed by atoms with Gasteiger partial charge in [-0.3, -0.25) is 4.79 Å². The second-order valence-corrected chi connectivity index (χ2v) is 5.11. The Morgan fingerprint density at radius 3 is 2.56 bits per heavy atom. The average Bonchev–Trinajstić information content (AvgIpc) is 3.06. The molecule has 1 aromatic rings. The van der Waals surface area contributed by atoms with Crippen LogP contribution in [0.4, 0.5) is 13.2 Å². The van der Waals surface area contributed by atoms with Crippen molar-refractivity contribution in [2.75, 3.05) is 0 Å². The van der Waals surface area contributed by atoms with Crippen LogP contribution in [0.25, 0.3) is 0 Å². The molecule has 1 amide bonds. The molecule has 96 valence electrons. The third kappa shape index (κ3) is 1.46. The molecule has 2 nitrogen and oxygen atoms in total. The fourth-order valence-electron chi connectivity index (χ4n) is 2.81. The predicted octanol–water partition coefficient (Wildman–Crippen LogP) is 2.87. The molecule has 0 bridgehead atoms. The number of halogens is 3. The molecule has 1 aromatic carbocycles. The van der Waals surface area contributed by atoms with Crippen LogP contribution >= 0.6 is 0 Å². The number of alkyl halides is 3. The number of hydrogen-bond acceptors (Lipinski definition) is 1. The highest BCUT2D eigenvalue weighted by Crippen LogP contribution is 2.54. The van der Waals surface area contributed by atoms with Crippen LogP contribution in [0, 0.1) is 0 Å². The van der Waals surface area contributed by atoms with Crippen LogP contribution in [0.2, 0.25) is 0 Å². The molecule has 5 heteroatoms. The van der Waals surface area contributed by atoms with Crippen molar-refractivity contribution in [1.29, 1.82) is 0 Å². The number of rotatable bonds is 0. The van der Waals surface area contributed by atoms with Crippen LogP contribution in [0.3, 0.4) is 0 Å². The van der Waals surface area contributed by atoms with Crippen molar-refractivity contribution in [2.24, 2.45) is 0 Å². The quantitative estimate of drug-likeness (QED) is 0.758. The largest absolute Gasteiger partial charge is 0.416 e. The van der Waals surface area contributed by atoms with Crippen molar-refractivity contribution in [2.45, 2.75) is 37.4 Å². The van der Waals surface area contributed by atoms with Gasteiger partial charge in [-0.1, -0.05) is 0 Å². The van der Waals surface area contributed by atoms with E-state index in [0.717, 1.165) is 25.0 Å². The minimum absolute atomic E-state index is 0.0963. The summed E-state index contributed by atoms with van der Waals surface area (Å²) in [6.45, 7) is 1.86. The Morgan fingerprint density at radius 1 is 1.33 bits per heavy atom. The maximum atomic E-state index is 12.7. The zero-order chi connectivity index (χ0) is 13.1. The molecule has 1 aliphatic carbocycles. The first-order chi connectivity index (χ1) is 8.34. The second-order valence-electron chi connectivity index (χ2n) is 5.11. The van der Waals surface area contributed by atoms with Crippen LogP contribution in [0.15, 0.2) is 18.2 Å². The normalized spacial score (nSPS) is 24.7. The molecule has 1 saturated carbocycles. The maximum Gasteiger partial charge on any atom is 0.416 e. The summed E-state index contributed by atoms with van der Waals surface area (Å²) >= 11 is 0. The number of carbonyl (C=O) groups is 1.